The van der Waals surface area contributed by atoms with Crippen LogP contribution >= 0.6 is 15.9 Å². The Morgan fingerprint density at radius 2 is 2.05 bits per heavy atom. The normalized spacial score (nSPS) is 15.9. The Morgan fingerprint density at radius 1 is 1.35 bits per heavy atom. The van der Waals surface area contributed by atoms with Gasteiger partial charge in [0.05, 0.1) is 0 Å². The zero-order chi connectivity index (χ0) is 14.3. The number of halogens is 2. The van der Waals surface area contributed by atoms with Crippen molar-refractivity contribution in [1.82, 2.24) is 9.55 Å². The molecule has 106 valence electrons. The molecule has 1 heterocycles. The monoisotopic (exact) mass is 337 g/mol. The number of aromatic nitrogens is 2. The third kappa shape index (κ3) is 2.24. The average Bonchev–Trinajstić information content (AvgIpc) is 3.01. The van der Waals surface area contributed by atoms with Crippen molar-refractivity contribution in [1.29, 1.82) is 0 Å². The number of hydrogen-bond donors (Lipinski definition) is 1. The van der Waals surface area contributed by atoms with Crippen LogP contribution in [0, 0.1) is 5.82 Å². The van der Waals surface area contributed by atoms with E-state index in [0.717, 1.165) is 18.7 Å². The SMILES string of the molecule is Cn1c(C2CCCC2)nc(-c2ccc(Br)cc2F)c1N. The molecule has 5 heteroatoms. The summed E-state index contributed by atoms with van der Waals surface area (Å²) in [5, 5.41) is 0. The van der Waals surface area contributed by atoms with Crippen molar-refractivity contribution in [2.75, 3.05) is 5.73 Å². The molecule has 0 radical (unpaired) electrons. The number of benzene rings is 1. The molecule has 1 aliphatic carbocycles. The molecule has 0 aliphatic heterocycles. The van der Waals surface area contributed by atoms with E-state index in [0.29, 0.717) is 27.5 Å². The van der Waals surface area contributed by atoms with Crippen LogP contribution in [0.5, 0.6) is 0 Å². The minimum Gasteiger partial charge on any atom is -0.383 e. The molecular formula is C15H17BrFN3. The summed E-state index contributed by atoms with van der Waals surface area (Å²) in [7, 11) is 1.91. The number of hydrogen-bond acceptors (Lipinski definition) is 2. The number of anilines is 1. The van der Waals surface area contributed by atoms with Gasteiger partial charge in [0.1, 0.15) is 23.2 Å². The Bertz CT molecular complexity index is 645. The molecule has 0 atom stereocenters. The van der Waals surface area contributed by atoms with Crippen LogP contribution in [0.25, 0.3) is 11.3 Å². The Kier molecular flexibility index (Phi) is 3.54. The predicted octanol–water partition coefficient (Wildman–Crippen LogP) is 4.23. The Balaban J connectivity index is 2.07. The Labute approximate surface area is 126 Å². The molecule has 2 N–H and O–H groups in total. The lowest BCUT2D eigenvalue weighted by molar-refractivity contribution is 0.628. The molecule has 1 aliphatic rings. The lowest BCUT2D eigenvalue weighted by Crippen LogP contribution is -2.05. The highest BCUT2D eigenvalue weighted by Gasteiger charge is 2.25. The van der Waals surface area contributed by atoms with E-state index in [2.05, 4.69) is 20.9 Å². The van der Waals surface area contributed by atoms with Crippen molar-refractivity contribution in [3.8, 4) is 11.3 Å². The summed E-state index contributed by atoms with van der Waals surface area (Å²) < 4.78 is 16.7. The van der Waals surface area contributed by atoms with Crippen LogP contribution in [-0.2, 0) is 7.05 Å². The van der Waals surface area contributed by atoms with Crippen molar-refractivity contribution in [2.24, 2.45) is 7.05 Å². The van der Waals surface area contributed by atoms with Crippen molar-refractivity contribution >= 4 is 21.7 Å². The quantitative estimate of drug-likeness (QED) is 0.891. The van der Waals surface area contributed by atoms with Gasteiger partial charge in [0.15, 0.2) is 0 Å². The van der Waals surface area contributed by atoms with Crippen LogP contribution in [0.15, 0.2) is 22.7 Å². The summed E-state index contributed by atoms with van der Waals surface area (Å²) in [6, 6.07) is 4.97. The molecule has 1 saturated carbocycles. The van der Waals surface area contributed by atoms with Gasteiger partial charge < -0.3 is 10.3 Å². The molecular weight excluding hydrogens is 321 g/mol. The second kappa shape index (κ2) is 5.20. The molecule has 0 bridgehead atoms. The minimum atomic E-state index is -0.304. The number of nitrogens with zero attached hydrogens (tertiary/aromatic N) is 2. The van der Waals surface area contributed by atoms with E-state index >= 15 is 0 Å². The summed E-state index contributed by atoms with van der Waals surface area (Å²) >= 11 is 3.26. The summed E-state index contributed by atoms with van der Waals surface area (Å²) in [5.41, 5.74) is 7.15. The zero-order valence-corrected chi connectivity index (χ0v) is 13.0. The van der Waals surface area contributed by atoms with Crippen LogP contribution in [0.4, 0.5) is 10.2 Å². The summed E-state index contributed by atoms with van der Waals surface area (Å²) in [4.78, 5) is 4.63. The number of imidazole rings is 1. The van der Waals surface area contributed by atoms with Gasteiger partial charge in [-0.05, 0) is 31.0 Å². The fourth-order valence-electron chi connectivity index (χ4n) is 2.96. The van der Waals surface area contributed by atoms with Gasteiger partial charge in [-0.1, -0.05) is 28.8 Å². The maximum Gasteiger partial charge on any atom is 0.133 e. The maximum atomic E-state index is 14.1. The highest BCUT2D eigenvalue weighted by molar-refractivity contribution is 9.10. The third-order valence-corrected chi connectivity index (χ3v) is 4.57. The van der Waals surface area contributed by atoms with E-state index in [1.165, 1.54) is 18.9 Å². The smallest absolute Gasteiger partial charge is 0.133 e. The van der Waals surface area contributed by atoms with Crippen molar-refractivity contribution in [2.45, 2.75) is 31.6 Å². The highest BCUT2D eigenvalue weighted by Crippen LogP contribution is 2.37. The standard InChI is InChI=1S/C15H17BrFN3/c1-20-14(18)13(11-7-6-10(16)8-12(11)17)19-15(20)9-4-2-3-5-9/h6-9H,2-5,18H2,1H3. The van der Waals surface area contributed by atoms with E-state index < -0.39 is 0 Å². The van der Waals surface area contributed by atoms with Crippen LogP contribution in [-0.4, -0.2) is 9.55 Å². The molecule has 1 aromatic carbocycles. The van der Waals surface area contributed by atoms with Gasteiger partial charge in [-0.3, -0.25) is 0 Å². The van der Waals surface area contributed by atoms with Gasteiger partial charge in [0.25, 0.3) is 0 Å². The average molecular weight is 338 g/mol. The van der Waals surface area contributed by atoms with Crippen molar-refractivity contribution < 1.29 is 4.39 Å². The summed E-state index contributed by atoms with van der Waals surface area (Å²) in [5.74, 6) is 1.67. The highest BCUT2D eigenvalue weighted by atomic mass is 79.9. The second-order valence-corrected chi connectivity index (χ2v) is 6.28. The first-order valence-corrected chi connectivity index (χ1v) is 7.64. The molecule has 0 saturated heterocycles. The molecule has 20 heavy (non-hydrogen) atoms. The fraction of sp³-hybridized carbons (Fsp3) is 0.400. The van der Waals surface area contributed by atoms with Gasteiger partial charge in [0.2, 0.25) is 0 Å². The topological polar surface area (TPSA) is 43.8 Å². The maximum absolute atomic E-state index is 14.1. The zero-order valence-electron chi connectivity index (χ0n) is 11.4. The van der Waals surface area contributed by atoms with Gasteiger partial charge in [-0.15, -0.1) is 0 Å². The van der Waals surface area contributed by atoms with Gasteiger partial charge in [-0.25, -0.2) is 9.37 Å². The number of nitrogens with two attached hydrogens (primary N) is 1. The Hall–Kier alpha value is -1.36. The van der Waals surface area contributed by atoms with Crippen LogP contribution < -0.4 is 5.73 Å². The number of rotatable bonds is 2. The summed E-state index contributed by atoms with van der Waals surface area (Å²) in [6.45, 7) is 0. The van der Waals surface area contributed by atoms with Crippen LogP contribution in [0.1, 0.15) is 37.4 Å². The van der Waals surface area contributed by atoms with Gasteiger partial charge in [-0.2, -0.15) is 0 Å². The lowest BCUT2D eigenvalue weighted by Gasteiger charge is -2.08. The molecule has 1 fully saturated rings. The second-order valence-electron chi connectivity index (χ2n) is 5.37. The first kappa shape index (κ1) is 13.6. The van der Waals surface area contributed by atoms with Crippen molar-refractivity contribution in [3.05, 3.63) is 34.3 Å². The van der Waals surface area contributed by atoms with Crippen molar-refractivity contribution in [3.63, 3.8) is 0 Å². The number of nitrogen functional groups attached to an aromatic ring is 1. The van der Waals surface area contributed by atoms with Gasteiger partial charge in [0, 0.05) is 23.0 Å². The first-order valence-electron chi connectivity index (χ1n) is 6.85. The molecule has 0 unspecified atom stereocenters. The fourth-order valence-corrected chi connectivity index (χ4v) is 3.29. The Morgan fingerprint density at radius 3 is 2.70 bits per heavy atom. The molecule has 3 nitrogen and oxygen atoms in total. The van der Waals surface area contributed by atoms with Crippen LogP contribution in [0.3, 0.4) is 0 Å². The van der Waals surface area contributed by atoms with E-state index in [1.807, 2.05) is 17.7 Å². The molecule has 0 amide bonds. The molecule has 1 aromatic heterocycles. The first-order chi connectivity index (χ1) is 9.58. The summed E-state index contributed by atoms with van der Waals surface area (Å²) in [6.07, 6.45) is 4.76. The van der Waals surface area contributed by atoms with E-state index in [-0.39, 0.29) is 5.82 Å². The van der Waals surface area contributed by atoms with Crippen LogP contribution in [0.2, 0.25) is 0 Å². The molecule has 2 aromatic rings. The van der Waals surface area contributed by atoms with Gasteiger partial charge >= 0.3 is 0 Å². The third-order valence-electron chi connectivity index (χ3n) is 4.08. The predicted molar refractivity (Wildman–Crippen MR) is 81.9 cm³/mol. The largest absolute Gasteiger partial charge is 0.383 e. The van der Waals surface area contributed by atoms with E-state index in [1.54, 1.807) is 6.07 Å². The lowest BCUT2D eigenvalue weighted by atomic mass is 10.1. The van der Waals surface area contributed by atoms with E-state index in [4.69, 9.17) is 5.73 Å². The molecule has 3 rings (SSSR count). The minimum absolute atomic E-state index is 0.304. The molecule has 0 spiro atoms. The van der Waals surface area contributed by atoms with E-state index in [9.17, 15) is 4.39 Å².